The smallest absolute Gasteiger partial charge is 0.217 e. The monoisotopic (exact) mass is 197 g/mol. The van der Waals surface area contributed by atoms with E-state index in [4.69, 9.17) is 11.5 Å². The largest absolute Gasteiger partial charge is 0.370 e. The molecular formula is C10H19N3O. The van der Waals surface area contributed by atoms with Gasteiger partial charge in [-0.3, -0.25) is 4.79 Å². The molecular weight excluding hydrogens is 178 g/mol. The van der Waals surface area contributed by atoms with Gasteiger partial charge in [-0.25, -0.2) is 0 Å². The van der Waals surface area contributed by atoms with Crippen molar-refractivity contribution in [2.75, 3.05) is 6.54 Å². The molecule has 1 aromatic heterocycles. The van der Waals surface area contributed by atoms with Crippen LogP contribution in [0.15, 0.2) is 24.5 Å². The Kier molecular flexibility index (Phi) is 8.89. The quantitative estimate of drug-likeness (QED) is 0.615. The average molecular weight is 197 g/mol. The molecule has 4 nitrogen and oxygen atoms in total. The number of carbonyl (C=O) groups excluding carboxylic acids is 1. The predicted octanol–water partition coefficient (Wildman–Crippen LogP) is 1.01. The Balaban J connectivity index is 0.000000280. The molecule has 0 radical (unpaired) electrons. The number of nitrogens with one attached hydrogen (secondary N) is 1. The second kappa shape index (κ2) is 9.80. The van der Waals surface area contributed by atoms with Crippen LogP contribution in [0.1, 0.15) is 25.7 Å². The van der Waals surface area contributed by atoms with Crippen molar-refractivity contribution in [3.63, 3.8) is 0 Å². The molecule has 0 saturated carbocycles. The maximum Gasteiger partial charge on any atom is 0.217 e. The highest BCUT2D eigenvalue weighted by Crippen LogP contribution is 1.96. The molecule has 0 aliphatic heterocycles. The number of carbonyl (C=O) groups is 1. The maximum absolute atomic E-state index is 10.2. The summed E-state index contributed by atoms with van der Waals surface area (Å²) in [7, 11) is 0. The molecule has 0 fully saturated rings. The van der Waals surface area contributed by atoms with Crippen LogP contribution in [0.3, 0.4) is 0 Å². The lowest BCUT2D eigenvalue weighted by atomic mass is 10.2. The van der Waals surface area contributed by atoms with Crippen LogP contribution in [-0.4, -0.2) is 17.4 Å². The molecule has 0 aliphatic rings. The normalized spacial score (nSPS) is 8.93. The number of nitrogens with two attached hydrogens (primary N) is 2. The van der Waals surface area contributed by atoms with Crippen LogP contribution in [0.25, 0.3) is 0 Å². The Labute approximate surface area is 84.7 Å². The summed E-state index contributed by atoms with van der Waals surface area (Å²) in [4.78, 5) is 13.0. The van der Waals surface area contributed by atoms with E-state index in [1.54, 1.807) is 0 Å². The van der Waals surface area contributed by atoms with Gasteiger partial charge in [-0.1, -0.05) is 6.42 Å². The molecule has 1 heterocycles. The fourth-order valence-electron chi connectivity index (χ4n) is 0.898. The van der Waals surface area contributed by atoms with Crippen molar-refractivity contribution in [1.29, 1.82) is 0 Å². The first-order valence-electron chi connectivity index (χ1n) is 4.83. The third kappa shape index (κ3) is 10.7. The van der Waals surface area contributed by atoms with E-state index in [1.165, 1.54) is 0 Å². The van der Waals surface area contributed by atoms with Gasteiger partial charge in [-0.05, 0) is 31.5 Å². The number of hydrogen-bond donors (Lipinski definition) is 3. The number of unbranched alkanes of at least 4 members (excludes halogenated alkanes) is 2. The molecule has 0 spiro atoms. The van der Waals surface area contributed by atoms with E-state index < -0.39 is 0 Å². The van der Waals surface area contributed by atoms with Gasteiger partial charge in [-0.2, -0.15) is 0 Å². The first kappa shape index (κ1) is 12.7. The van der Waals surface area contributed by atoms with E-state index >= 15 is 0 Å². The minimum Gasteiger partial charge on any atom is -0.370 e. The van der Waals surface area contributed by atoms with Crippen molar-refractivity contribution in [2.24, 2.45) is 11.5 Å². The summed E-state index contributed by atoms with van der Waals surface area (Å²) in [6.07, 6.45) is 7.14. The van der Waals surface area contributed by atoms with Gasteiger partial charge in [0.15, 0.2) is 0 Å². The minimum atomic E-state index is -0.216. The van der Waals surface area contributed by atoms with Gasteiger partial charge in [-0.15, -0.1) is 0 Å². The zero-order valence-corrected chi connectivity index (χ0v) is 8.41. The molecule has 0 saturated heterocycles. The molecule has 0 unspecified atom stereocenters. The zero-order chi connectivity index (χ0) is 10.6. The highest BCUT2D eigenvalue weighted by Gasteiger charge is 1.91. The van der Waals surface area contributed by atoms with E-state index in [-0.39, 0.29) is 5.91 Å². The van der Waals surface area contributed by atoms with Crippen molar-refractivity contribution < 1.29 is 4.79 Å². The van der Waals surface area contributed by atoms with Gasteiger partial charge in [0.05, 0.1) is 0 Å². The summed E-state index contributed by atoms with van der Waals surface area (Å²) in [5.41, 5.74) is 10.1. The number of amides is 1. The van der Waals surface area contributed by atoms with Crippen LogP contribution in [-0.2, 0) is 4.79 Å². The molecule has 14 heavy (non-hydrogen) atoms. The van der Waals surface area contributed by atoms with Gasteiger partial charge in [0.1, 0.15) is 0 Å². The van der Waals surface area contributed by atoms with Crippen molar-refractivity contribution in [1.82, 2.24) is 4.98 Å². The van der Waals surface area contributed by atoms with Crippen LogP contribution in [0.5, 0.6) is 0 Å². The SMILES string of the molecule is NCCCCCC(N)=O.c1cc[nH]c1. The molecule has 1 aromatic rings. The number of rotatable bonds is 5. The third-order valence-electron chi connectivity index (χ3n) is 1.62. The van der Waals surface area contributed by atoms with Gasteiger partial charge >= 0.3 is 0 Å². The molecule has 1 amide bonds. The predicted molar refractivity (Wildman–Crippen MR) is 57.5 cm³/mol. The highest BCUT2D eigenvalue weighted by molar-refractivity contribution is 5.73. The van der Waals surface area contributed by atoms with Gasteiger partial charge in [0.2, 0.25) is 5.91 Å². The van der Waals surface area contributed by atoms with Crippen molar-refractivity contribution in [3.8, 4) is 0 Å². The van der Waals surface area contributed by atoms with Crippen molar-refractivity contribution in [3.05, 3.63) is 24.5 Å². The third-order valence-corrected chi connectivity index (χ3v) is 1.62. The summed E-state index contributed by atoms with van der Waals surface area (Å²) in [5, 5.41) is 0. The van der Waals surface area contributed by atoms with E-state index in [0.717, 1.165) is 19.3 Å². The molecule has 0 bridgehead atoms. The Bertz CT molecular complexity index is 192. The number of hydrogen-bond acceptors (Lipinski definition) is 2. The topological polar surface area (TPSA) is 84.9 Å². The molecule has 5 N–H and O–H groups in total. The Hall–Kier alpha value is -1.29. The fraction of sp³-hybridized carbons (Fsp3) is 0.500. The summed E-state index contributed by atoms with van der Waals surface area (Å²) in [6, 6.07) is 3.89. The van der Waals surface area contributed by atoms with Crippen LogP contribution in [0.2, 0.25) is 0 Å². The number of aromatic nitrogens is 1. The van der Waals surface area contributed by atoms with Crippen molar-refractivity contribution >= 4 is 5.91 Å². The summed E-state index contributed by atoms with van der Waals surface area (Å²) in [6.45, 7) is 0.707. The molecule has 4 heteroatoms. The molecule has 1 rings (SSSR count). The molecule has 0 aliphatic carbocycles. The molecule has 0 atom stereocenters. The number of H-pyrrole nitrogens is 1. The second-order valence-corrected chi connectivity index (χ2v) is 2.95. The van der Waals surface area contributed by atoms with E-state index in [0.29, 0.717) is 13.0 Å². The lowest BCUT2D eigenvalue weighted by Gasteiger charge is -1.93. The fourth-order valence-corrected chi connectivity index (χ4v) is 0.898. The Morgan fingerprint density at radius 2 is 1.79 bits per heavy atom. The molecule has 0 aromatic carbocycles. The van der Waals surface area contributed by atoms with Crippen molar-refractivity contribution in [2.45, 2.75) is 25.7 Å². The summed E-state index contributed by atoms with van der Waals surface area (Å²) < 4.78 is 0. The van der Waals surface area contributed by atoms with Gasteiger partial charge in [0, 0.05) is 18.8 Å². The highest BCUT2D eigenvalue weighted by atomic mass is 16.1. The first-order valence-corrected chi connectivity index (χ1v) is 4.83. The van der Waals surface area contributed by atoms with E-state index in [9.17, 15) is 4.79 Å². The summed E-state index contributed by atoms with van der Waals surface area (Å²) >= 11 is 0. The second-order valence-electron chi connectivity index (χ2n) is 2.95. The summed E-state index contributed by atoms with van der Waals surface area (Å²) in [5.74, 6) is -0.216. The maximum atomic E-state index is 10.2. The first-order chi connectivity index (χ1) is 6.77. The number of primary amides is 1. The molecule has 80 valence electrons. The zero-order valence-electron chi connectivity index (χ0n) is 8.41. The Morgan fingerprint density at radius 3 is 2.14 bits per heavy atom. The average Bonchev–Trinajstić information content (AvgIpc) is 2.70. The lowest BCUT2D eigenvalue weighted by molar-refractivity contribution is -0.118. The van der Waals surface area contributed by atoms with Gasteiger partial charge in [0.25, 0.3) is 0 Å². The Morgan fingerprint density at radius 1 is 1.14 bits per heavy atom. The van der Waals surface area contributed by atoms with Crippen LogP contribution < -0.4 is 11.5 Å². The van der Waals surface area contributed by atoms with E-state index in [1.807, 2.05) is 24.5 Å². The van der Waals surface area contributed by atoms with Crippen LogP contribution >= 0.6 is 0 Å². The lowest BCUT2D eigenvalue weighted by Crippen LogP contribution is -2.09. The van der Waals surface area contributed by atoms with E-state index in [2.05, 4.69) is 4.98 Å². The van der Waals surface area contributed by atoms with Crippen LogP contribution in [0.4, 0.5) is 0 Å². The number of aromatic amines is 1. The van der Waals surface area contributed by atoms with Gasteiger partial charge < -0.3 is 16.5 Å². The standard InChI is InChI=1S/C6H14N2O.C4H5N/c7-5-3-1-2-4-6(8)9;1-2-4-5-3-1/h1-5,7H2,(H2,8,9);1-5H. The minimum absolute atomic E-state index is 0.216. The van der Waals surface area contributed by atoms with Crippen LogP contribution in [0, 0.1) is 0 Å².